The molecule has 1 saturated heterocycles. The van der Waals surface area contributed by atoms with E-state index < -0.39 is 11.4 Å². The number of fused-ring (bicyclic) bond motifs is 1. The molecule has 2 aliphatic rings. The van der Waals surface area contributed by atoms with Gasteiger partial charge in [-0.2, -0.15) is 0 Å². The van der Waals surface area contributed by atoms with E-state index in [1.165, 1.54) is 4.90 Å². The number of nitrogens with zero attached hydrogens (tertiary/aromatic N) is 1. The van der Waals surface area contributed by atoms with Crippen LogP contribution >= 0.6 is 0 Å². The van der Waals surface area contributed by atoms with Gasteiger partial charge in [0.15, 0.2) is 0 Å². The van der Waals surface area contributed by atoms with Crippen LogP contribution in [0.1, 0.15) is 12.8 Å². The zero-order valence-electron chi connectivity index (χ0n) is 6.91. The number of likely N-dealkylation sites (tertiary alicyclic amines) is 1. The fourth-order valence-electron chi connectivity index (χ4n) is 2.28. The standard InChI is InChI=1S/C8H11NO3/c1-9-4-8(7(11)12)3-2-5(8)6(9)10/h5H,2-4H2,1H3,(H,11,12). The quantitative estimate of drug-likeness (QED) is 0.598. The second-order valence-corrected chi connectivity index (χ2v) is 3.75. The molecule has 66 valence electrons. The first kappa shape index (κ1) is 7.58. The molecule has 2 rings (SSSR count). The van der Waals surface area contributed by atoms with Crippen LogP contribution in [0.25, 0.3) is 0 Å². The Morgan fingerprint density at radius 2 is 2.42 bits per heavy atom. The predicted molar refractivity (Wildman–Crippen MR) is 40.4 cm³/mol. The van der Waals surface area contributed by atoms with Crippen molar-refractivity contribution in [1.29, 1.82) is 0 Å². The molecule has 0 aromatic rings. The average Bonchev–Trinajstić information content (AvgIpc) is 2.10. The summed E-state index contributed by atoms with van der Waals surface area (Å²) in [5.41, 5.74) is -0.730. The summed E-state index contributed by atoms with van der Waals surface area (Å²) in [6.45, 7) is 0.395. The number of hydrogen-bond donors (Lipinski definition) is 1. The van der Waals surface area contributed by atoms with Gasteiger partial charge in [-0.05, 0) is 12.8 Å². The normalized spacial score (nSPS) is 39.2. The third-order valence-corrected chi connectivity index (χ3v) is 3.17. The fourth-order valence-corrected chi connectivity index (χ4v) is 2.28. The Balaban J connectivity index is 2.31. The lowest BCUT2D eigenvalue weighted by atomic mass is 9.62. The van der Waals surface area contributed by atoms with Gasteiger partial charge in [-0.1, -0.05) is 0 Å². The Hall–Kier alpha value is -1.06. The maximum atomic E-state index is 11.3. The largest absolute Gasteiger partial charge is 0.481 e. The Labute approximate surface area is 70.2 Å². The third-order valence-electron chi connectivity index (χ3n) is 3.17. The van der Waals surface area contributed by atoms with Gasteiger partial charge in [-0.25, -0.2) is 0 Å². The van der Waals surface area contributed by atoms with Gasteiger partial charge in [0.1, 0.15) is 0 Å². The summed E-state index contributed by atoms with van der Waals surface area (Å²) < 4.78 is 0. The molecule has 0 aromatic carbocycles. The molecule has 4 nitrogen and oxygen atoms in total. The van der Waals surface area contributed by atoms with Crippen LogP contribution in [-0.4, -0.2) is 35.5 Å². The summed E-state index contributed by atoms with van der Waals surface area (Å²) in [4.78, 5) is 23.8. The van der Waals surface area contributed by atoms with Gasteiger partial charge in [0, 0.05) is 13.6 Å². The van der Waals surface area contributed by atoms with Crippen LogP contribution in [-0.2, 0) is 9.59 Å². The molecule has 2 unspecified atom stereocenters. The monoisotopic (exact) mass is 169 g/mol. The molecule has 1 amide bonds. The molecule has 12 heavy (non-hydrogen) atoms. The van der Waals surface area contributed by atoms with Crippen molar-refractivity contribution < 1.29 is 14.7 Å². The van der Waals surface area contributed by atoms with Crippen molar-refractivity contribution in [2.75, 3.05) is 13.6 Å². The van der Waals surface area contributed by atoms with E-state index in [9.17, 15) is 9.59 Å². The topological polar surface area (TPSA) is 57.6 Å². The van der Waals surface area contributed by atoms with Gasteiger partial charge in [0.05, 0.1) is 11.3 Å². The molecule has 1 heterocycles. The van der Waals surface area contributed by atoms with E-state index in [0.717, 1.165) is 6.42 Å². The maximum Gasteiger partial charge on any atom is 0.312 e. The van der Waals surface area contributed by atoms with Crippen LogP contribution in [0.2, 0.25) is 0 Å². The van der Waals surface area contributed by atoms with E-state index in [-0.39, 0.29) is 11.8 Å². The zero-order chi connectivity index (χ0) is 8.93. The van der Waals surface area contributed by atoms with Crippen molar-refractivity contribution in [2.24, 2.45) is 11.3 Å². The number of rotatable bonds is 1. The first-order valence-corrected chi connectivity index (χ1v) is 4.06. The summed E-state index contributed by atoms with van der Waals surface area (Å²) in [5.74, 6) is -1.04. The van der Waals surface area contributed by atoms with Crippen LogP contribution in [0.15, 0.2) is 0 Å². The average molecular weight is 169 g/mol. The number of carboxylic acids is 1. The Morgan fingerprint density at radius 3 is 2.67 bits per heavy atom. The summed E-state index contributed by atoms with van der Waals surface area (Å²) >= 11 is 0. The highest BCUT2D eigenvalue weighted by Gasteiger charge is 2.62. The summed E-state index contributed by atoms with van der Waals surface area (Å²) in [6, 6.07) is 0. The van der Waals surface area contributed by atoms with E-state index in [1.54, 1.807) is 7.05 Å². The fraction of sp³-hybridized carbons (Fsp3) is 0.750. The number of amides is 1. The molecule has 0 spiro atoms. The SMILES string of the molecule is CN1CC2(C(=O)O)CCC2C1=O. The summed E-state index contributed by atoms with van der Waals surface area (Å²) in [6.07, 6.45) is 1.40. The van der Waals surface area contributed by atoms with Crippen LogP contribution in [0.5, 0.6) is 0 Å². The molecular weight excluding hydrogens is 158 g/mol. The molecule has 1 N–H and O–H groups in total. The van der Waals surface area contributed by atoms with Gasteiger partial charge in [-0.15, -0.1) is 0 Å². The van der Waals surface area contributed by atoms with Gasteiger partial charge < -0.3 is 10.0 Å². The van der Waals surface area contributed by atoms with Crippen LogP contribution < -0.4 is 0 Å². The van der Waals surface area contributed by atoms with Gasteiger partial charge in [-0.3, -0.25) is 9.59 Å². The van der Waals surface area contributed by atoms with Crippen LogP contribution in [0, 0.1) is 11.3 Å². The minimum atomic E-state index is -0.809. The van der Waals surface area contributed by atoms with Crippen LogP contribution in [0.4, 0.5) is 0 Å². The highest BCUT2D eigenvalue weighted by atomic mass is 16.4. The van der Waals surface area contributed by atoms with Crippen molar-refractivity contribution in [2.45, 2.75) is 12.8 Å². The van der Waals surface area contributed by atoms with Gasteiger partial charge in [0.25, 0.3) is 0 Å². The minimum Gasteiger partial charge on any atom is -0.481 e. The van der Waals surface area contributed by atoms with Gasteiger partial charge in [0.2, 0.25) is 5.91 Å². The number of carbonyl (C=O) groups excluding carboxylic acids is 1. The smallest absolute Gasteiger partial charge is 0.312 e. The highest BCUT2D eigenvalue weighted by Crippen LogP contribution is 2.52. The van der Waals surface area contributed by atoms with E-state index in [2.05, 4.69) is 0 Å². The predicted octanol–water partition coefficient (Wildman–Crippen LogP) is -0.0606. The molecular formula is C8H11NO3. The van der Waals surface area contributed by atoms with E-state index in [1.807, 2.05) is 0 Å². The van der Waals surface area contributed by atoms with Gasteiger partial charge >= 0.3 is 5.97 Å². The van der Waals surface area contributed by atoms with E-state index in [0.29, 0.717) is 13.0 Å². The number of carbonyl (C=O) groups is 2. The number of hydrogen-bond acceptors (Lipinski definition) is 2. The minimum absolute atomic E-state index is 0.00338. The Morgan fingerprint density at radius 1 is 1.75 bits per heavy atom. The molecule has 0 aromatic heterocycles. The molecule has 0 radical (unpaired) electrons. The highest BCUT2D eigenvalue weighted by molar-refractivity contribution is 5.92. The molecule has 0 bridgehead atoms. The Kier molecular flexibility index (Phi) is 1.26. The van der Waals surface area contributed by atoms with Crippen LogP contribution in [0.3, 0.4) is 0 Å². The first-order chi connectivity index (χ1) is 5.58. The second kappa shape index (κ2) is 2.00. The molecule has 1 aliphatic heterocycles. The lowest BCUT2D eigenvalue weighted by Gasteiger charge is -2.37. The zero-order valence-corrected chi connectivity index (χ0v) is 6.91. The molecule has 2 atom stereocenters. The molecule has 4 heteroatoms. The van der Waals surface area contributed by atoms with Crippen molar-refractivity contribution in [3.05, 3.63) is 0 Å². The number of carboxylic acid groups (broad SMARTS) is 1. The number of aliphatic carboxylic acids is 1. The van der Waals surface area contributed by atoms with E-state index in [4.69, 9.17) is 5.11 Å². The molecule has 1 aliphatic carbocycles. The van der Waals surface area contributed by atoms with Crippen molar-refractivity contribution in [3.63, 3.8) is 0 Å². The summed E-state index contributed by atoms with van der Waals surface area (Å²) in [5, 5.41) is 8.95. The lowest BCUT2D eigenvalue weighted by Crippen LogP contribution is -2.46. The molecule has 2 fully saturated rings. The van der Waals surface area contributed by atoms with Crippen molar-refractivity contribution >= 4 is 11.9 Å². The Bertz CT molecular complexity index is 263. The van der Waals surface area contributed by atoms with Crippen molar-refractivity contribution in [3.8, 4) is 0 Å². The van der Waals surface area contributed by atoms with Crippen molar-refractivity contribution in [1.82, 2.24) is 4.90 Å². The lowest BCUT2D eigenvalue weighted by molar-refractivity contribution is -0.159. The maximum absolute atomic E-state index is 11.3. The summed E-state index contributed by atoms with van der Waals surface area (Å²) in [7, 11) is 1.67. The van der Waals surface area contributed by atoms with E-state index >= 15 is 0 Å². The second-order valence-electron chi connectivity index (χ2n) is 3.75. The third kappa shape index (κ3) is 0.629. The molecule has 1 saturated carbocycles. The first-order valence-electron chi connectivity index (χ1n) is 4.06.